The van der Waals surface area contributed by atoms with E-state index in [1.165, 1.54) is 18.9 Å². The molecule has 1 saturated heterocycles. The highest BCUT2D eigenvalue weighted by atomic mass is 35.5. The number of phenolic OH excluding ortho intramolecular Hbond substituents is 1. The standard InChI is InChI=1S/C17H23N3O3.ClH/c21-15-3-1-2-14(10-15)17(23)20-8-6-19(7-9-20)16(22)12-18-11-13-4-5-13;/h1-3,10,13,18,21H,4-9,11-12H2;1H. The molecule has 0 atom stereocenters. The Bertz CT molecular complexity index is 584. The van der Waals surface area contributed by atoms with Crippen LogP contribution in [0, 0.1) is 5.92 Å². The monoisotopic (exact) mass is 353 g/mol. The van der Waals surface area contributed by atoms with Gasteiger partial charge < -0.3 is 20.2 Å². The van der Waals surface area contributed by atoms with Crippen LogP contribution >= 0.6 is 12.4 Å². The van der Waals surface area contributed by atoms with E-state index in [1.807, 2.05) is 4.90 Å². The summed E-state index contributed by atoms with van der Waals surface area (Å²) in [6, 6.07) is 6.37. The van der Waals surface area contributed by atoms with Crippen LogP contribution in [0.3, 0.4) is 0 Å². The van der Waals surface area contributed by atoms with Crippen LogP contribution in [-0.2, 0) is 4.79 Å². The quantitative estimate of drug-likeness (QED) is 0.831. The van der Waals surface area contributed by atoms with Gasteiger partial charge in [-0.3, -0.25) is 9.59 Å². The average molecular weight is 354 g/mol. The van der Waals surface area contributed by atoms with Gasteiger partial charge in [-0.2, -0.15) is 0 Å². The molecular weight excluding hydrogens is 330 g/mol. The number of nitrogens with one attached hydrogen (secondary N) is 1. The van der Waals surface area contributed by atoms with Crippen molar-refractivity contribution in [2.75, 3.05) is 39.3 Å². The number of hydrogen-bond donors (Lipinski definition) is 2. The Labute approximate surface area is 148 Å². The van der Waals surface area contributed by atoms with E-state index in [2.05, 4.69) is 5.32 Å². The van der Waals surface area contributed by atoms with Gasteiger partial charge in [0.2, 0.25) is 5.91 Å². The maximum Gasteiger partial charge on any atom is 0.254 e. The maximum atomic E-state index is 12.4. The van der Waals surface area contributed by atoms with E-state index < -0.39 is 0 Å². The smallest absolute Gasteiger partial charge is 0.254 e. The number of nitrogens with zero attached hydrogens (tertiary/aromatic N) is 2. The first-order chi connectivity index (χ1) is 11.1. The highest BCUT2D eigenvalue weighted by Crippen LogP contribution is 2.27. The molecule has 0 radical (unpaired) electrons. The molecule has 7 heteroatoms. The van der Waals surface area contributed by atoms with Gasteiger partial charge in [0.15, 0.2) is 0 Å². The van der Waals surface area contributed by atoms with Gasteiger partial charge in [0, 0.05) is 31.7 Å². The van der Waals surface area contributed by atoms with Crippen molar-refractivity contribution in [3.63, 3.8) is 0 Å². The van der Waals surface area contributed by atoms with Gasteiger partial charge in [0.05, 0.1) is 6.54 Å². The zero-order valence-corrected chi connectivity index (χ0v) is 14.4. The molecule has 6 nitrogen and oxygen atoms in total. The first kappa shape index (κ1) is 18.5. The van der Waals surface area contributed by atoms with E-state index in [1.54, 1.807) is 23.1 Å². The third-order valence-electron chi connectivity index (χ3n) is 4.42. The second-order valence-corrected chi connectivity index (χ2v) is 6.30. The summed E-state index contributed by atoms with van der Waals surface area (Å²) in [7, 11) is 0. The first-order valence-corrected chi connectivity index (χ1v) is 8.20. The van der Waals surface area contributed by atoms with Crippen molar-refractivity contribution in [2.24, 2.45) is 5.92 Å². The Kier molecular flexibility index (Phi) is 6.45. The van der Waals surface area contributed by atoms with E-state index in [4.69, 9.17) is 0 Å². The van der Waals surface area contributed by atoms with Gasteiger partial charge in [-0.1, -0.05) is 6.07 Å². The SMILES string of the molecule is Cl.O=C(CNCC1CC1)N1CCN(C(=O)c2cccc(O)c2)CC1. The fraction of sp³-hybridized carbons (Fsp3) is 0.529. The number of aromatic hydroxyl groups is 1. The largest absolute Gasteiger partial charge is 0.508 e. The molecular formula is C17H24ClN3O3. The van der Waals surface area contributed by atoms with Crippen molar-refractivity contribution in [1.29, 1.82) is 0 Å². The summed E-state index contributed by atoms with van der Waals surface area (Å²) in [4.78, 5) is 28.0. The number of hydrogen-bond acceptors (Lipinski definition) is 4. The van der Waals surface area contributed by atoms with Crippen LogP contribution in [-0.4, -0.2) is 66.0 Å². The maximum absolute atomic E-state index is 12.4. The van der Waals surface area contributed by atoms with E-state index in [9.17, 15) is 14.7 Å². The molecule has 1 heterocycles. The van der Waals surface area contributed by atoms with Crippen molar-refractivity contribution < 1.29 is 14.7 Å². The molecule has 24 heavy (non-hydrogen) atoms. The normalized spacial score (nSPS) is 17.3. The molecule has 1 aromatic rings. The van der Waals surface area contributed by atoms with Crippen LogP contribution in [0.2, 0.25) is 0 Å². The number of carbonyl (C=O) groups is 2. The second kappa shape index (κ2) is 8.35. The van der Waals surface area contributed by atoms with Crippen LogP contribution in [0.1, 0.15) is 23.2 Å². The van der Waals surface area contributed by atoms with Gasteiger partial charge in [-0.15, -0.1) is 12.4 Å². The molecule has 2 amide bonds. The number of piperazine rings is 1. The molecule has 0 aromatic heterocycles. The summed E-state index contributed by atoms with van der Waals surface area (Å²) in [5.74, 6) is 0.862. The third-order valence-corrected chi connectivity index (χ3v) is 4.42. The Morgan fingerprint density at radius 3 is 2.42 bits per heavy atom. The van der Waals surface area contributed by atoms with Crippen molar-refractivity contribution in [3.05, 3.63) is 29.8 Å². The van der Waals surface area contributed by atoms with Gasteiger partial charge in [0.1, 0.15) is 5.75 Å². The lowest BCUT2D eigenvalue weighted by Gasteiger charge is -2.35. The molecule has 132 valence electrons. The molecule has 1 aliphatic heterocycles. The van der Waals surface area contributed by atoms with Crippen LogP contribution in [0.4, 0.5) is 0 Å². The topological polar surface area (TPSA) is 72.9 Å². The number of carbonyl (C=O) groups excluding carboxylic acids is 2. The lowest BCUT2D eigenvalue weighted by Crippen LogP contribution is -2.52. The minimum Gasteiger partial charge on any atom is -0.508 e. The lowest BCUT2D eigenvalue weighted by atomic mass is 10.1. The fourth-order valence-corrected chi connectivity index (χ4v) is 2.80. The Morgan fingerprint density at radius 2 is 1.79 bits per heavy atom. The minimum atomic E-state index is -0.0974. The predicted molar refractivity (Wildman–Crippen MR) is 93.4 cm³/mol. The second-order valence-electron chi connectivity index (χ2n) is 6.30. The lowest BCUT2D eigenvalue weighted by molar-refractivity contribution is -0.131. The Hall–Kier alpha value is -1.79. The van der Waals surface area contributed by atoms with E-state index in [0.717, 1.165) is 12.5 Å². The molecule has 2 N–H and O–H groups in total. The molecule has 0 unspecified atom stereocenters. The number of phenols is 1. The van der Waals surface area contributed by atoms with Gasteiger partial charge in [0.25, 0.3) is 5.91 Å². The number of halogens is 1. The van der Waals surface area contributed by atoms with Crippen molar-refractivity contribution in [2.45, 2.75) is 12.8 Å². The molecule has 0 bridgehead atoms. The minimum absolute atomic E-state index is 0. The molecule has 1 aliphatic carbocycles. The Morgan fingerprint density at radius 1 is 1.12 bits per heavy atom. The highest BCUT2D eigenvalue weighted by molar-refractivity contribution is 5.94. The number of amides is 2. The van der Waals surface area contributed by atoms with Crippen LogP contribution in [0.5, 0.6) is 5.75 Å². The summed E-state index contributed by atoms with van der Waals surface area (Å²) in [5.41, 5.74) is 0.482. The first-order valence-electron chi connectivity index (χ1n) is 8.20. The number of benzene rings is 1. The summed E-state index contributed by atoms with van der Waals surface area (Å²) >= 11 is 0. The number of rotatable bonds is 5. The zero-order chi connectivity index (χ0) is 16.2. The summed E-state index contributed by atoms with van der Waals surface area (Å²) in [5, 5.41) is 12.7. The van der Waals surface area contributed by atoms with Gasteiger partial charge in [-0.25, -0.2) is 0 Å². The molecule has 2 fully saturated rings. The van der Waals surface area contributed by atoms with E-state index in [-0.39, 0.29) is 30.0 Å². The van der Waals surface area contributed by atoms with Crippen molar-refractivity contribution in [1.82, 2.24) is 15.1 Å². The van der Waals surface area contributed by atoms with E-state index in [0.29, 0.717) is 38.3 Å². The van der Waals surface area contributed by atoms with Crippen molar-refractivity contribution >= 4 is 24.2 Å². The summed E-state index contributed by atoms with van der Waals surface area (Å²) < 4.78 is 0. The molecule has 1 saturated carbocycles. The Balaban J connectivity index is 0.00000208. The predicted octanol–water partition coefficient (Wildman–Crippen LogP) is 1.10. The summed E-state index contributed by atoms with van der Waals surface area (Å²) in [6.45, 7) is 3.51. The van der Waals surface area contributed by atoms with Crippen LogP contribution in [0.25, 0.3) is 0 Å². The molecule has 0 spiro atoms. The summed E-state index contributed by atoms with van der Waals surface area (Å²) in [6.07, 6.45) is 2.55. The van der Waals surface area contributed by atoms with Gasteiger partial charge in [-0.05, 0) is 43.5 Å². The highest BCUT2D eigenvalue weighted by Gasteiger charge is 2.25. The van der Waals surface area contributed by atoms with Gasteiger partial charge >= 0.3 is 0 Å². The molecule has 1 aromatic carbocycles. The molecule has 3 rings (SSSR count). The van der Waals surface area contributed by atoms with Crippen molar-refractivity contribution in [3.8, 4) is 5.75 Å². The van der Waals surface area contributed by atoms with E-state index >= 15 is 0 Å². The fourth-order valence-electron chi connectivity index (χ4n) is 2.80. The molecule has 2 aliphatic rings. The van der Waals surface area contributed by atoms with Crippen LogP contribution < -0.4 is 5.32 Å². The van der Waals surface area contributed by atoms with Crippen LogP contribution in [0.15, 0.2) is 24.3 Å². The third kappa shape index (κ3) is 4.85. The zero-order valence-electron chi connectivity index (χ0n) is 13.6. The average Bonchev–Trinajstić information content (AvgIpc) is 3.38.